The monoisotopic (exact) mass is 323 g/mol. The molecule has 0 saturated carbocycles. The maximum Gasteiger partial charge on any atom is 0.238 e. The summed E-state index contributed by atoms with van der Waals surface area (Å²) in [7, 11) is -1.22. The third kappa shape index (κ3) is 4.65. The largest absolute Gasteiger partial charge is 0.392 e. The first-order chi connectivity index (χ1) is 10.6. The molecule has 1 aliphatic heterocycles. The summed E-state index contributed by atoms with van der Waals surface area (Å²) in [5, 5.41) is 8.57. The Balaban J connectivity index is 1.93. The van der Waals surface area contributed by atoms with Crippen LogP contribution in [0.1, 0.15) is 43.7 Å². The lowest BCUT2D eigenvalue weighted by Crippen LogP contribution is -2.40. The van der Waals surface area contributed by atoms with Gasteiger partial charge in [0.1, 0.15) is 5.25 Å². The van der Waals surface area contributed by atoms with E-state index in [0.717, 1.165) is 37.1 Å². The van der Waals surface area contributed by atoms with Crippen LogP contribution in [0.4, 0.5) is 0 Å². The molecule has 1 amide bonds. The third-order valence-electron chi connectivity index (χ3n) is 4.17. The van der Waals surface area contributed by atoms with Crippen LogP contribution >= 0.6 is 0 Å². The summed E-state index contributed by atoms with van der Waals surface area (Å²) in [6.45, 7) is 3.37. The Hall–Kier alpha value is -1.20. The number of benzene rings is 1. The van der Waals surface area contributed by atoms with Gasteiger partial charge in [0.2, 0.25) is 5.91 Å². The summed E-state index contributed by atoms with van der Waals surface area (Å²) in [6.07, 6.45) is 4.46. The summed E-state index contributed by atoms with van der Waals surface area (Å²) in [5.74, 6) is 0.402. The predicted octanol–water partition coefficient (Wildman–Crippen LogP) is 2.22. The summed E-state index contributed by atoms with van der Waals surface area (Å²) >= 11 is 0. The zero-order valence-electron chi connectivity index (χ0n) is 13.2. The average molecular weight is 323 g/mol. The van der Waals surface area contributed by atoms with Crippen molar-refractivity contribution < 1.29 is 14.1 Å². The minimum absolute atomic E-state index is 0.00716. The minimum atomic E-state index is -1.22. The second-order valence-corrected chi connectivity index (χ2v) is 7.64. The SMILES string of the molecule is CC(C(=O)N1CCCCCC1)S(=O)Cc1ccc(CO)cc1. The van der Waals surface area contributed by atoms with Crippen LogP contribution in [0.3, 0.4) is 0 Å². The molecule has 2 atom stereocenters. The first-order valence-electron chi connectivity index (χ1n) is 7.96. The van der Waals surface area contributed by atoms with E-state index in [1.165, 1.54) is 12.8 Å². The van der Waals surface area contributed by atoms with E-state index in [-0.39, 0.29) is 12.5 Å². The van der Waals surface area contributed by atoms with E-state index in [2.05, 4.69) is 0 Å². The number of likely N-dealkylation sites (tertiary alicyclic amines) is 1. The highest BCUT2D eigenvalue weighted by Crippen LogP contribution is 2.15. The smallest absolute Gasteiger partial charge is 0.238 e. The van der Waals surface area contributed by atoms with Crippen LogP contribution in [0.2, 0.25) is 0 Å². The average Bonchev–Trinajstić information content (AvgIpc) is 2.83. The Morgan fingerprint density at radius 2 is 1.68 bits per heavy atom. The number of aliphatic hydroxyl groups excluding tert-OH is 1. The summed E-state index contributed by atoms with van der Waals surface area (Å²) < 4.78 is 12.5. The first-order valence-corrected chi connectivity index (χ1v) is 9.34. The highest BCUT2D eigenvalue weighted by molar-refractivity contribution is 7.85. The Morgan fingerprint density at radius 3 is 2.23 bits per heavy atom. The fourth-order valence-electron chi connectivity index (χ4n) is 2.69. The van der Waals surface area contributed by atoms with E-state index in [9.17, 15) is 9.00 Å². The van der Waals surface area contributed by atoms with Gasteiger partial charge in [-0.15, -0.1) is 0 Å². The van der Waals surface area contributed by atoms with Gasteiger partial charge < -0.3 is 10.0 Å². The number of rotatable bonds is 5. The van der Waals surface area contributed by atoms with Gasteiger partial charge in [-0.1, -0.05) is 37.1 Å². The van der Waals surface area contributed by atoms with Crippen LogP contribution in [-0.4, -0.2) is 38.5 Å². The quantitative estimate of drug-likeness (QED) is 0.904. The van der Waals surface area contributed by atoms with Crippen molar-refractivity contribution in [2.45, 2.75) is 50.2 Å². The van der Waals surface area contributed by atoms with Crippen molar-refractivity contribution in [2.24, 2.45) is 0 Å². The molecule has 1 fully saturated rings. The second kappa shape index (κ2) is 8.44. The van der Waals surface area contributed by atoms with Crippen molar-refractivity contribution in [1.29, 1.82) is 0 Å². The fraction of sp³-hybridized carbons (Fsp3) is 0.588. The Morgan fingerprint density at radius 1 is 1.14 bits per heavy atom. The minimum Gasteiger partial charge on any atom is -0.392 e. The highest BCUT2D eigenvalue weighted by atomic mass is 32.2. The lowest BCUT2D eigenvalue weighted by atomic mass is 10.2. The maximum absolute atomic E-state index is 12.5. The Kier molecular flexibility index (Phi) is 6.58. The number of nitrogens with zero attached hydrogens (tertiary/aromatic N) is 1. The number of hydrogen-bond acceptors (Lipinski definition) is 3. The fourth-order valence-corrected chi connectivity index (χ4v) is 3.84. The van der Waals surface area contributed by atoms with Crippen LogP contribution in [-0.2, 0) is 28.0 Å². The molecule has 122 valence electrons. The van der Waals surface area contributed by atoms with Gasteiger partial charge in [0, 0.05) is 29.6 Å². The number of carbonyl (C=O) groups is 1. The van der Waals surface area contributed by atoms with E-state index >= 15 is 0 Å². The molecule has 1 aromatic carbocycles. The molecule has 0 aromatic heterocycles. The number of carbonyl (C=O) groups excluding carboxylic acids is 1. The van der Waals surface area contributed by atoms with E-state index < -0.39 is 16.0 Å². The summed E-state index contributed by atoms with van der Waals surface area (Å²) in [5.41, 5.74) is 1.77. The standard InChI is InChI=1S/C17H25NO3S/c1-14(17(20)18-10-4-2-3-5-11-18)22(21)13-16-8-6-15(12-19)7-9-16/h6-9,14,19H,2-5,10-13H2,1H3. The van der Waals surface area contributed by atoms with Gasteiger partial charge in [-0.05, 0) is 30.9 Å². The van der Waals surface area contributed by atoms with Crippen molar-refractivity contribution in [1.82, 2.24) is 4.90 Å². The Labute approximate surface area is 135 Å². The van der Waals surface area contributed by atoms with Crippen molar-refractivity contribution >= 4 is 16.7 Å². The molecule has 4 nitrogen and oxygen atoms in total. The topological polar surface area (TPSA) is 57.6 Å². The van der Waals surface area contributed by atoms with Crippen molar-refractivity contribution in [3.63, 3.8) is 0 Å². The van der Waals surface area contributed by atoms with Crippen molar-refractivity contribution in [3.8, 4) is 0 Å². The molecule has 1 saturated heterocycles. The number of aliphatic hydroxyl groups is 1. The van der Waals surface area contributed by atoms with Crippen LogP contribution in [0.25, 0.3) is 0 Å². The first kappa shape index (κ1) is 17.2. The lowest BCUT2D eigenvalue weighted by Gasteiger charge is -2.23. The van der Waals surface area contributed by atoms with Gasteiger partial charge in [-0.2, -0.15) is 0 Å². The molecular formula is C17H25NO3S. The summed E-state index contributed by atoms with van der Waals surface area (Å²) in [6, 6.07) is 7.39. The van der Waals surface area contributed by atoms with Gasteiger partial charge in [-0.3, -0.25) is 9.00 Å². The Bertz CT molecular complexity index is 507. The van der Waals surface area contributed by atoms with Crippen LogP contribution in [0.5, 0.6) is 0 Å². The molecule has 22 heavy (non-hydrogen) atoms. The molecule has 0 radical (unpaired) electrons. The van der Waals surface area contributed by atoms with E-state index in [1.54, 1.807) is 6.92 Å². The van der Waals surface area contributed by atoms with Gasteiger partial charge in [0.15, 0.2) is 0 Å². The predicted molar refractivity (Wildman–Crippen MR) is 88.7 cm³/mol. The molecule has 2 unspecified atom stereocenters. The zero-order chi connectivity index (χ0) is 15.9. The van der Waals surface area contributed by atoms with Gasteiger partial charge in [0.05, 0.1) is 6.61 Å². The molecular weight excluding hydrogens is 298 g/mol. The molecule has 0 spiro atoms. The van der Waals surface area contributed by atoms with Crippen molar-refractivity contribution in [3.05, 3.63) is 35.4 Å². The van der Waals surface area contributed by atoms with E-state index in [0.29, 0.717) is 5.75 Å². The summed E-state index contributed by atoms with van der Waals surface area (Å²) in [4.78, 5) is 14.4. The molecule has 2 rings (SSSR count). The lowest BCUT2D eigenvalue weighted by molar-refractivity contribution is -0.130. The van der Waals surface area contributed by atoms with Gasteiger partial charge in [0.25, 0.3) is 0 Å². The van der Waals surface area contributed by atoms with Crippen LogP contribution < -0.4 is 0 Å². The number of amides is 1. The van der Waals surface area contributed by atoms with Crippen LogP contribution in [0.15, 0.2) is 24.3 Å². The van der Waals surface area contributed by atoms with Gasteiger partial charge in [-0.25, -0.2) is 0 Å². The molecule has 1 aromatic rings. The molecule has 1 aliphatic rings. The van der Waals surface area contributed by atoms with E-state index in [1.807, 2.05) is 29.2 Å². The maximum atomic E-state index is 12.5. The van der Waals surface area contributed by atoms with E-state index in [4.69, 9.17) is 5.11 Å². The zero-order valence-corrected chi connectivity index (χ0v) is 14.0. The number of hydrogen-bond donors (Lipinski definition) is 1. The normalized spacial score (nSPS) is 18.5. The second-order valence-electron chi connectivity index (χ2n) is 5.88. The molecule has 0 bridgehead atoms. The molecule has 1 heterocycles. The van der Waals surface area contributed by atoms with Crippen molar-refractivity contribution in [2.75, 3.05) is 13.1 Å². The van der Waals surface area contributed by atoms with Gasteiger partial charge >= 0.3 is 0 Å². The third-order valence-corrected chi connectivity index (χ3v) is 5.78. The molecule has 0 aliphatic carbocycles. The van der Waals surface area contributed by atoms with Crippen LogP contribution in [0, 0.1) is 0 Å². The molecule has 1 N–H and O–H groups in total. The highest BCUT2D eigenvalue weighted by Gasteiger charge is 2.25. The molecule has 5 heteroatoms.